The lowest BCUT2D eigenvalue weighted by Gasteiger charge is -2.21. The van der Waals surface area contributed by atoms with E-state index in [0.29, 0.717) is 5.02 Å². The molecule has 0 bridgehead atoms. The third-order valence-electron chi connectivity index (χ3n) is 2.66. The van der Waals surface area contributed by atoms with Gasteiger partial charge in [0.25, 0.3) is 0 Å². The zero-order valence-corrected chi connectivity index (χ0v) is 10.4. The number of nitrogens with two attached hydrogens (primary N) is 1. The van der Waals surface area contributed by atoms with Crippen LogP contribution < -0.4 is 16.0 Å². The highest BCUT2D eigenvalue weighted by Gasteiger charge is 2.16. The standard InChI is InChI=1S/C11H14ClN3S/c12-8-3-4-10(15-5-1-2-6-15)9(7-8)14-11(13)16/h3-4,7H,1-2,5-6H2,(H3,13,14,16). The van der Waals surface area contributed by atoms with Gasteiger partial charge in [-0.05, 0) is 43.3 Å². The average Bonchev–Trinajstić information content (AvgIpc) is 2.69. The molecule has 86 valence electrons. The second-order valence-electron chi connectivity index (χ2n) is 3.84. The number of nitrogens with zero attached hydrogens (tertiary/aromatic N) is 1. The van der Waals surface area contributed by atoms with Gasteiger partial charge >= 0.3 is 0 Å². The molecule has 0 aromatic heterocycles. The van der Waals surface area contributed by atoms with Gasteiger partial charge in [0.15, 0.2) is 5.11 Å². The van der Waals surface area contributed by atoms with Crippen LogP contribution in [0.15, 0.2) is 18.2 Å². The summed E-state index contributed by atoms with van der Waals surface area (Å²) in [4.78, 5) is 2.32. The summed E-state index contributed by atoms with van der Waals surface area (Å²) in [6.07, 6.45) is 2.46. The second kappa shape index (κ2) is 4.89. The lowest BCUT2D eigenvalue weighted by Crippen LogP contribution is -2.23. The SMILES string of the molecule is NC(=S)Nc1cc(Cl)ccc1N1CCCC1. The third-order valence-corrected chi connectivity index (χ3v) is 3.00. The van der Waals surface area contributed by atoms with Gasteiger partial charge in [-0.25, -0.2) is 0 Å². The molecule has 3 nitrogen and oxygen atoms in total. The molecule has 3 N–H and O–H groups in total. The van der Waals surface area contributed by atoms with Gasteiger partial charge in [-0.1, -0.05) is 11.6 Å². The van der Waals surface area contributed by atoms with Crippen molar-refractivity contribution in [1.82, 2.24) is 0 Å². The molecular formula is C11H14ClN3S. The summed E-state index contributed by atoms with van der Waals surface area (Å²) in [5, 5.41) is 3.92. The predicted molar refractivity (Wildman–Crippen MR) is 73.3 cm³/mol. The van der Waals surface area contributed by atoms with Crippen LogP contribution >= 0.6 is 23.8 Å². The van der Waals surface area contributed by atoms with E-state index in [4.69, 9.17) is 29.6 Å². The highest BCUT2D eigenvalue weighted by Crippen LogP contribution is 2.31. The molecule has 1 aromatic rings. The van der Waals surface area contributed by atoms with Crippen molar-refractivity contribution in [1.29, 1.82) is 0 Å². The summed E-state index contributed by atoms with van der Waals surface area (Å²) in [5.74, 6) is 0. The molecule has 0 saturated carbocycles. The molecule has 1 aliphatic rings. The summed E-state index contributed by atoms with van der Waals surface area (Å²) in [6.45, 7) is 2.15. The number of anilines is 2. The third kappa shape index (κ3) is 2.57. The van der Waals surface area contributed by atoms with E-state index in [2.05, 4.69) is 10.2 Å². The van der Waals surface area contributed by atoms with E-state index >= 15 is 0 Å². The summed E-state index contributed by atoms with van der Waals surface area (Å²) < 4.78 is 0. The molecule has 16 heavy (non-hydrogen) atoms. The minimum absolute atomic E-state index is 0.266. The highest BCUT2D eigenvalue weighted by molar-refractivity contribution is 7.80. The number of nitrogens with one attached hydrogen (secondary N) is 1. The Hall–Kier alpha value is -1.00. The van der Waals surface area contributed by atoms with E-state index in [0.717, 1.165) is 24.5 Å². The maximum atomic E-state index is 5.96. The van der Waals surface area contributed by atoms with Crippen LogP contribution in [0.5, 0.6) is 0 Å². The van der Waals surface area contributed by atoms with Gasteiger partial charge in [0.05, 0.1) is 11.4 Å². The first-order valence-electron chi connectivity index (χ1n) is 5.28. The van der Waals surface area contributed by atoms with Gasteiger partial charge in [-0.2, -0.15) is 0 Å². The molecule has 5 heteroatoms. The fraction of sp³-hybridized carbons (Fsp3) is 0.364. The van der Waals surface area contributed by atoms with Crippen molar-refractivity contribution >= 4 is 40.3 Å². The van der Waals surface area contributed by atoms with Crippen molar-refractivity contribution in [3.63, 3.8) is 0 Å². The zero-order chi connectivity index (χ0) is 11.5. The molecule has 0 radical (unpaired) electrons. The Bertz CT molecular complexity index is 402. The lowest BCUT2D eigenvalue weighted by molar-refractivity contribution is 0.949. The zero-order valence-electron chi connectivity index (χ0n) is 8.87. The Morgan fingerprint density at radius 2 is 2.06 bits per heavy atom. The minimum atomic E-state index is 0.266. The van der Waals surface area contributed by atoms with Crippen molar-refractivity contribution in [3.05, 3.63) is 23.2 Å². The molecule has 1 aromatic carbocycles. The number of hydrogen-bond donors (Lipinski definition) is 2. The Balaban J connectivity index is 2.30. The number of halogens is 1. The van der Waals surface area contributed by atoms with Gasteiger partial charge in [0, 0.05) is 18.1 Å². The van der Waals surface area contributed by atoms with Crippen LogP contribution in [0.2, 0.25) is 5.02 Å². The summed E-state index contributed by atoms with van der Waals surface area (Å²) in [5.41, 5.74) is 7.51. The minimum Gasteiger partial charge on any atom is -0.376 e. The van der Waals surface area contributed by atoms with E-state index in [9.17, 15) is 0 Å². The van der Waals surface area contributed by atoms with Crippen LogP contribution in [0, 0.1) is 0 Å². The Morgan fingerprint density at radius 3 is 2.69 bits per heavy atom. The topological polar surface area (TPSA) is 41.3 Å². The molecule has 1 heterocycles. The number of benzene rings is 1. The average molecular weight is 256 g/mol. The lowest BCUT2D eigenvalue weighted by atomic mass is 10.2. The van der Waals surface area contributed by atoms with Crippen molar-refractivity contribution in [2.75, 3.05) is 23.3 Å². The highest BCUT2D eigenvalue weighted by atomic mass is 35.5. The number of rotatable bonds is 2. The molecule has 0 unspecified atom stereocenters. The van der Waals surface area contributed by atoms with Gasteiger partial charge in [0.2, 0.25) is 0 Å². The maximum Gasteiger partial charge on any atom is 0.168 e. The van der Waals surface area contributed by atoms with Crippen molar-refractivity contribution < 1.29 is 0 Å². The van der Waals surface area contributed by atoms with E-state index in [1.54, 1.807) is 0 Å². The summed E-state index contributed by atoms with van der Waals surface area (Å²) >= 11 is 10.8. The molecule has 0 atom stereocenters. The quantitative estimate of drug-likeness (QED) is 0.797. The fourth-order valence-corrected chi connectivity index (χ4v) is 2.26. The number of hydrogen-bond acceptors (Lipinski definition) is 2. The largest absolute Gasteiger partial charge is 0.376 e. The van der Waals surface area contributed by atoms with Crippen LogP contribution in [0.3, 0.4) is 0 Å². The molecule has 2 rings (SSSR count). The first-order valence-corrected chi connectivity index (χ1v) is 6.06. The Labute approximate surface area is 106 Å². The van der Waals surface area contributed by atoms with Crippen LogP contribution in [0.1, 0.15) is 12.8 Å². The number of thiocarbonyl (C=S) groups is 1. The van der Waals surface area contributed by atoms with Gasteiger partial charge in [-0.3, -0.25) is 0 Å². The Kier molecular flexibility index (Phi) is 3.51. The molecule has 1 fully saturated rings. The molecule has 1 aliphatic heterocycles. The van der Waals surface area contributed by atoms with Crippen LogP contribution in [0.4, 0.5) is 11.4 Å². The van der Waals surface area contributed by atoms with E-state index < -0.39 is 0 Å². The van der Waals surface area contributed by atoms with Crippen LogP contribution in [-0.4, -0.2) is 18.2 Å². The molecular weight excluding hydrogens is 242 g/mol. The van der Waals surface area contributed by atoms with Gasteiger partial charge < -0.3 is 16.0 Å². The first kappa shape index (κ1) is 11.5. The van der Waals surface area contributed by atoms with Crippen molar-refractivity contribution in [2.45, 2.75) is 12.8 Å². The van der Waals surface area contributed by atoms with Crippen molar-refractivity contribution in [3.8, 4) is 0 Å². The van der Waals surface area contributed by atoms with E-state index in [1.807, 2.05) is 18.2 Å². The van der Waals surface area contributed by atoms with Crippen LogP contribution in [0.25, 0.3) is 0 Å². The summed E-state index contributed by atoms with van der Waals surface area (Å²) in [7, 11) is 0. The smallest absolute Gasteiger partial charge is 0.168 e. The van der Waals surface area contributed by atoms with E-state index in [1.165, 1.54) is 12.8 Å². The Morgan fingerprint density at radius 1 is 1.38 bits per heavy atom. The maximum absolute atomic E-state index is 5.96. The normalized spacial score (nSPS) is 15.2. The molecule has 1 saturated heterocycles. The van der Waals surface area contributed by atoms with Gasteiger partial charge in [0.1, 0.15) is 0 Å². The predicted octanol–water partition coefficient (Wildman–Crippen LogP) is 2.60. The van der Waals surface area contributed by atoms with Crippen LogP contribution in [-0.2, 0) is 0 Å². The van der Waals surface area contributed by atoms with Gasteiger partial charge in [-0.15, -0.1) is 0 Å². The first-order chi connectivity index (χ1) is 7.66. The fourth-order valence-electron chi connectivity index (χ4n) is 1.97. The summed E-state index contributed by atoms with van der Waals surface area (Å²) in [6, 6.07) is 5.75. The molecule has 0 spiro atoms. The second-order valence-corrected chi connectivity index (χ2v) is 4.72. The monoisotopic (exact) mass is 255 g/mol. The molecule has 0 amide bonds. The van der Waals surface area contributed by atoms with E-state index in [-0.39, 0.29) is 5.11 Å². The molecule has 0 aliphatic carbocycles. The van der Waals surface area contributed by atoms with Crippen molar-refractivity contribution in [2.24, 2.45) is 5.73 Å².